The van der Waals surface area contributed by atoms with E-state index in [2.05, 4.69) is 0 Å². The highest BCUT2D eigenvalue weighted by Crippen LogP contribution is 2.36. The number of rotatable bonds is 4. The van der Waals surface area contributed by atoms with Crippen LogP contribution in [-0.2, 0) is 4.79 Å². The molecular formula is C15H19NO5. The summed E-state index contributed by atoms with van der Waals surface area (Å²) in [4.78, 5) is 25.7. The third-order valence-electron chi connectivity index (χ3n) is 3.99. The minimum atomic E-state index is -1.19. The molecule has 1 heterocycles. The van der Waals surface area contributed by atoms with Crippen molar-refractivity contribution < 1.29 is 24.2 Å². The molecule has 0 saturated carbocycles. The first kappa shape index (κ1) is 15.2. The minimum Gasteiger partial charge on any atom is -0.496 e. The predicted octanol–water partition coefficient (Wildman–Crippen LogP) is 1.78. The number of hydrogen-bond acceptors (Lipinski definition) is 4. The second-order valence-electron chi connectivity index (χ2n) is 5.18. The molecule has 1 saturated heterocycles. The minimum absolute atomic E-state index is 0.261. The maximum Gasteiger partial charge on any atom is 0.329 e. The number of hydrogen-bond donors (Lipinski definition) is 1. The first-order chi connectivity index (χ1) is 9.95. The SMILES string of the molecule is COc1cccc(OC)c1C(=O)N1CCCC1(C)C(=O)O. The molecule has 21 heavy (non-hydrogen) atoms. The van der Waals surface area contributed by atoms with Crippen LogP contribution in [0.25, 0.3) is 0 Å². The van der Waals surface area contributed by atoms with Crippen molar-refractivity contribution in [1.29, 1.82) is 0 Å². The van der Waals surface area contributed by atoms with Gasteiger partial charge in [-0.3, -0.25) is 4.79 Å². The molecule has 1 fully saturated rings. The van der Waals surface area contributed by atoms with Crippen molar-refractivity contribution in [3.05, 3.63) is 23.8 Å². The summed E-state index contributed by atoms with van der Waals surface area (Å²) < 4.78 is 10.4. The Morgan fingerprint density at radius 2 is 1.81 bits per heavy atom. The number of carboxylic acids is 1. The van der Waals surface area contributed by atoms with Gasteiger partial charge in [-0.1, -0.05) is 6.07 Å². The van der Waals surface area contributed by atoms with E-state index in [0.29, 0.717) is 30.9 Å². The zero-order valence-electron chi connectivity index (χ0n) is 12.4. The highest BCUT2D eigenvalue weighted by molar-refractivity contribution is 6.02. The fourth-order valence-corrected chi connectivity index (χ4v) is 2.71. The molecule has 0 spiro atoms. The smallest absolute Gasteiger partial charge is 0.329 e. The van der Waals surface area contributed by atoms with Gasteiger partial charge in [0.05, 0.1) is 14.2 Å². The van der Waals surface area contributed by atoms with Crippen LogP contribution in [0.2, 0.25) is 0 Å². The molecule has 0 aromatic heterocycles. The Kier molecular flexibility index (Phi) is 4.06. The van der Waals surface area contributed by atoms with E-state index in [4.69, 9.17) is 9.47 Å². The van der Waals surface area contributed by atoms with Gasteiger partial charge in [0, 0.05) is 6.54 Å². The van der Waals surface area contributed by atoms with Crippen LogP contribution < -0.4 is 9.47 Å². The maximum absolute atomic E-state index is 12.8. The molecule has 0 radical (unpaired) electrons. The molecule has 114 valence electrons. The van der Waals surface area contributed by atoms with Crippen LogP contribution in [0, 0.1) is 0 Å². The van der Waals surface area contributed by atoms with Gasteiger partial charge in [-0.25, -0.2) is 4.79 Å². The number of likely N-dealkylation sites (tertiary alicyclic amines) is 1. The second kappa shape index (κ2) is 5.63. The summed E-state index contributed by atoms with van der Waals surface area (Å²) in [5.41, 5.74) is -0.931. The fourth-order valence-electron chi connectivity index (χ4n) is 2.71. The Hall–Kier alpha value is -2.24. The zero-order valence-corrected chi connectivity index (χ0v) is 12.4. The van der Waals surface area contributed by atoms with Crippen molar-refractivity contribution in [2.45, 2.75) is 25.3 Å². The normalized spacial score (nSPS) is 21.2. The van der Waals surface area contributed by atoms with Crippen molar-refractivity contribution in [2.75, 3.05) is 20.8 Å². The maximum atomic E-state index is 12.8. The topological polar surface area (TPSA) is 76.1 Å². The van der Waals surface area contributed by atoms with E-state index >= 15 is 0 Å². The lowest BCUT2D eigenvalue weighted by molar-refractivity contribution is -0.147. The molecule has 1 amide bonds. The highest BCUT2D eigenvalue weighted by atomic mass is 16.5. The Morgan fingerprint density at radius 3 is 2.29 bits per heavy atom. The molecule has 1 aliphatic rings. The lowest BCUT2D eigenvalue weighted by Crippen LogP contribution is -2.50. The molecular weight excluding hydrogens is 274 g/mol. The van der Waals surface area contributed by atoms with Gasteiger partial charge in [-0.2, -0.15) is 0 Å². The van der Waals surface area contributed by atoms with Crippen LogP contribution in [0.4, 0.5) is 0 Å². The summed E-state index contributed by atoms with van der Waals surface area (Å²) in [5.74, 6) is -0.633. The van der Waals surface area contributed by atoms with E-state index in [-0.39, 0.29) is 11.5 Å². The van der Waals surface area contributed by atoms with E-state index in [0.717, 1.165) is 0 Å². The van der Waals surface area contributed by atoms with Crippen LogP contribution in [0.5, 0.6) is 11.5 Å². The number of carboxylic acid groups (broad SMARTS) is 1. The van der Waals surface area contributed by atoms with Gasteiger partial charge in [-0.15, -0.1) is 0 Å². The lowest BCUT2D eigenvalue weighted by atomic mass is 9.98. The molecule has 1 aliphatic heterocycles. The third-order valence-corrected chi connectivity index (χ3v) is 3.99. The van der Waals surface area contributed by atoms with Gasteiger partial charge in [-0.05, 0) is 31.9 Å². The Balaban J connectivity index is 2.47. The van der Waals surface area contributed by atoms with Gasteiger partial charge in [0.15, 0.2) is 0 Å². The Labute approximate surface area is 123 Å². The number of carbonyl (C=O) groups is 2. The van der Waals surface area contributed by atoms with E-state index in [9.17, 15) is 14.7 Å². The number of amides is 1. The first-order valence-corrected chi connectivity index (χ1v) is 6.72. The monoisotopic (exact) mass is 293 g/mol. The van der Waals surface area contributed by atoms with Gasteiger partial charge in [0.2, 0.25) is 0 Å². The third kappa shape index (κ3) is 2.41. The number of ether oxygens (including phenoxy) is 2. The van der Waals surface area contributed by atoms with Crippen molar-refractivity contribution in [1.82, 2.24) is 4.90 Å². The summed E-state index contributed by atoms with van der Waals surface area (Å²) in [6.07, 6.45) is 1.09. The molecule has 2 rings (SSSR count). The van der Waals surface area contributed by atoms with E-state index in [1.807, 2.05) is 0 Å². The van der Waals surface area contributed by atoms with E-state index in [1.165, 1.54) is 19.1 Å². The Bertz CT molecular complexity index is 549. The number of nitrogens with zero attached hydrogens (tertiary/aromatic N) is 1. The molecule has 1 atom stereocenters. The quantitative estimate of drug-likeness (QED) is 0.915. The fraction of sp³-hybridized carbons (Fsp3) is 0.467. The van der Waals surface area contributed by atoms with Crippen molar-refractivity contribution >= 4 is 11.9 Å². The van der Waals surface area contributed by atoms with Crippen LogP contribution in [0.3, 0.4) is 0 Å². The van der Waals surface area contributed by atoms with Crippen molar-refractivity contribution in [3.63, 3.8) is 0 Å². The molecule has 0 bridgehead atoms. The van der Waals surface area contributed by atoms with Crippen molar-refractivity contribution in [3.8, 4) is 11.5 Å². The second-order valence-corrected chi connectivity index (χ2v) is 5.18. The van der Waals surface area contributed by atoms with Crippen LogP contribution in [0.15, 0.2) is 18.2 Å². The van der Waals surface area contributed by atoms with E-state index < -0.39 is 11.5 Å². The standard InChI is InChI=1S/C15H19NO5/c1-15(14(18)19)8-5-9-16(15)13(17)12-10(20-2)6-4-7-11(12)21-3/h4,6-7H,5,8-9H2,1-3H3,(H,18,19). The van der Waals surface area contributed by atoms with Crippen LogP contribution in [-0.4, -0.2) is 48.2 Å². The average molecular weight is 293 g/mol. The van der Waals surface area contributed by atoms with Gasteiger partial charge in [0.25, 0.3) is 5.91 Å². The number of benzene rings is 1. The summed E-state index contributed by atoms with van der Waals surface area (Å²) in [6.45, 7) is 1.98. The first-order valence-electron chi connectivity index (χ1n) is 6.72. The zero-order chi connectivity index (χ0) is 15.6. The molecule has 0 aliphatic carbocycles. The van der Waals surface area contributed by atoms with Crippen LogP contribution in [0.1, 0.15) is 30.1 Å². The molecule has 1 unspecified atom stereocenters. The summed E-state index contributed by atoms with van der Waals surface area (Å²) in [6, 6.07) is 5.03. The molecule has 1 aromatic carbocycles. The summed E-state index contributed by atoms with van der Waals surface area (Å²) in [5, 5.41) is 9.44. The van der Waals surface area contributed by atoms with Gasteiger partial charge < -0.3 is 19.5 Å². The predicted molar refractivity (Wildman–Crippen MR) is 75.9 cm³/mol. The van der Waals surface area contributed by atoms with E-state index in [1.54, 1.807) is 25.1 Å². The molecule has 1 N–H and O–H groups in total. The van der Waals surface area contributed by atoms with Gasteiger partial charge in [0.1, 0.15) is 22.6 Å². The van der Waals surface area contributed by atoms with Crippen molar-refractivity contribution in [2.24, 2.45) is 0 Å². The molecule has 6 heteroatoms. The highest BCUT2D eigenvalue weighted by Gasteiger charge is 2.47. The largest absolute Gasteiger partial charge is 0.496 e. The summed E-state index contributed by atoms with van der Waals surface area (Å²) in [7, 11) is 2.93. The Morgan fingerprint density at radius 1 is 1.24 bits per heavy atom. The number of methoxy groups -OCH3 is 2. The van der Waals surface area contributed by atoms with Gasteiger partial charge >= 0.3 is 5.97 Å². The molecule has 6 nitrogen and oxygen atoms in total. The molecule has 1 aromatic rings. The van der Waals surface area contributed by atoms with Crippen LogP contribution >= 0.6 is 0 Å². The number of aliphatic carboxylic acids is 1. The average Bonchev–Trinajstić information content (AvgIpc) is 2.89. The summed E-state index contributed by atoms with van der Waals surface area (Å²) >= 11 is 0. The number of carbonyl (C=O) groups excluding carboxylic acids is 1. The lowest BCUT2D eigenvalue weighted by Gasteiger charge is -2.31.